The zero-order valence-corrected chi connectivity index (χ0v) is 21.8. The molecule has 9 heteroatoms. The van der Waals surface area contributed by atoms with Crippen molar-refractivity contribution in [3.8, 4) is 33.8 Å². The van der Waals surface area contributed by atoms with Crippen LogP contribution in [0.4, 0.5) is 10.1 Å². The van der Waals surface area contributed by atoms with Crippen molar-refractivity contribution in [3.05, 3.63) is 79.3 Å². The Labute approximate surface area is 224 Å². The zero-order valence-electron chi connectivity index (χ0n) is 21.8. The van der Waals surface area contributed by atoms with Crippen LogP contribution in [0, 0.1) is 11.2 Å². The van der Waals surface area contributed by atoms with Gasteiger partial charge in [0.15, 0.2) is 0 Å². The van der Waals surface area contributed by atoms with Gasteiger partial charge in [-0.05, 0) is 47.7 Å². The van der Waals surface area contributed by atoms with E-state index in [0.717, 1.165) is 61.3 Å². The number of benzene rings is 1. The van der Waals surface area contributed by atoms with Gasteiger partial charge in [-0.25, -0.2) is 4.39 Å². The molecule has 0 radical (unpaired) electrons. The van der Waals surface area contributed by atoms with Crippen molar-refractivity contribution in [3.63, 3.8) is 0 Å². The molecule has 0 aliphatic rings. The fourth-order valence-corrected chi connectivity index (χ4v) is 4.80. The second-order valence-electron chi connectivity index (χ2n) is 10.9. The minimum atomic E-state index is -0.686. The number of aromatic amines is 2. The van der Waals surface area contributed by atoms with Crippen molar-refractivity contribution in [1.82, 2.24) is 30.1 Å². The third-order valence-corrected chi connectivity index (χ3v) is 6.58. The molecule has 1 aromatic carbocycles. The van der Waals surface area contributed by atoms with Crippen LogP contribution >= 0.6 is 0 Å². The third kappa shape index (κ3) is 5.08. The SMILES string of the molecule is CC(C)(C)CC(O)Nc1cncc(-c2cc3c(-c4cc5c(-c6ccc(F)cc6)cncc5[nH]4)n[nH]c3cn2)c1. The number of halogens is 1. The lowest BCUT2D eigenvalue weighted by atomic mass is 9.91. The minimum absolute atomic E-state index is 0.0137. The molecular weight excluding hydrogens is 493 g/mol. The van der Waals surface area contributed by atoms with Crippen molar-refractivity contribution >= 4 is 27.5 Å². The fourth-order valence-electron chi connectivity index (χ4n) is 4.80. The average molecular weight is 522 g/mol. The summed E-state index contributed by atoms with van der Waals surface area (Å²) in [6.07, 6.45) is 8.66. The summed E-state index contributed by atoms with van der Waals surface area (Å²) in [4.78, 5) is 16.8. The van der Waals surface area contributed by atoms with E-state index < -0.39 is 6.23 Å². The Bertz CT molecular complexity index is 1780. The second kappa shape index (κ2) is 9.59. The number of rotatable bonds is 6. The molecular formula is C30H28FN7O. The molecule has 39 heavy (non-hydrogen) atoms. The summed E-state index contributed by atoms with van der Waals surface area (Å²) in [5, 5.41) is 23.1. The van der Waals surface area contributed by atoms with Gasteiger partial charge in [0, 0.05) is 34.3 Å². The van der Waals surface area contributed by atoms with E-state index in [1.807, 2.05) is 18.2 Å². The van der Waals surface area contributed by atoms with Gasteiger partial charge in [-0.1, -0.05) is 32.9 Å². The van der Waals surface area contributed by atoms with Crippen molar-refractivity contribution in [2.45, 2.75) is 33.4 Å². The van der Waals surface area contributed by atoms with Crippen molar-refractivity contribution in [1.29, 1.82) is 0 Å². The van der Waals surface area contributed by atoms with Crippen molar-refractivity contribution in [2.75, 3.05) is 5.32 Å². The summed E-state index contributed by atoms with van der Waals surface area (Å²) in [5.74, 6) is -0.279. The van der Waals surface area contributed by atoms with Gasteiger partial charge < -0.3 is 15.4 Å². The van der Waals surface area contributed by atoms with E-state index in [4.69, 9.17) is 0 Å². The maximum absolute atomic E-state index is 13.5. The Balaban J connectivity index is 1.36. The number of aliphatic hydroxyl groups excluding tert-OH is 1. The maximum Gasteiger partial charge on any atom is 0.125 e. The standard InChI is InChI=1S/C30H28FN7O/c1-30(2,3)11-28(39)35-20-8-18(12-32-13-20)24-10-22-27(16-34-24)37-38-29(22)25-9-21-23(14-33-15-26(21)36-25)17-4-6-19(31)7-5-17/h4-10,12-16,28,35-36,39H,11H2,1-3H3,(H,37,38). The molecule has 6 aromatic rings. The van der Waals surface area contributed by atoms with Crippen LogP contribution in [0.1, 0.15) is 27.2 Å². The number of fused-ring (bicyclic) bond motifs is 2. The van der Waals surface area contributed by atoms with Crippen molar-refractivity contribution < 1.29 is 9.50 Å². The Kier molecular flexibility index (Phi) is 6.07. The highest BCUT2D eigenvalue weighted by molar-refractivity contribution is 6.01. The lowest BCUT2D eigenvalue weighted by molar-refractivity contribution is 0.145. The highest BCUT2D eigenvalue weighted by atomic mass is 19.1. The Hall–Kier alpha value is -4.63. The normalized spacial score (nSPS) is 12.7. The first-order chi connectivity index (χ1) is 18.7. The Morgan fingerprint density at radius 2 is 1.69 bits per heavy atom. The van der Waals surface area contributed by atoms with Crippen LogP contribution in [-0.4, -0.2) is 41.5 Å². The molecule has 0 aliphatic carbocycles. The van der Waals surface area contributed by atoms with Crippen LogP contribution in [0.3, 0.4) is 0 Å². The first kappa shape index (κ1) is 24.7. The van der Waals surface area contributed by atoms with E-state index in [2.05, 4.69) is 56.2 Å². The lowest BCUT2D eigenvalue weighted by Crippen LogP contribution is -2.25. The zero-order chi connectivity index (χ0) is 27.1. The molecule has 0 fully saturated rings. The van der Waals surface area contributed by atoms with Crippen LogP contribution < -0.4 is 5.32 Å². The molecule has 8 nitrogen and oxygen atoms in total. The number of nitrogens with one attached hydrogen (secondary N) is 3. The number of aromatic nitrogens is 6. The number of pyridine rings is 3. The molecule has 5 heterocycles. The van der Waals surface area contributed by atoms with E-state index in [0.29, 0.717) is 6.42 Å². The summed E-state index contributed by atoms with van der Waals surface area (Å²) in [7, 11) is 0. The van der Waals surface area contributed by atoms with Gasteiger partial charge in [0.2, 0.25) is 0 Å². The summed E-state index contributed by atoms with van der Waals surface area (Å²) < 4.78 is 13.5. The highest BCUT2D eigenvalue weighted by Gasteiger charge is 2.18. The lowest BCUT2D eigenvalue weighted by Gasteiger charge is -2.23. The number of hydrogen-bond acceptors (Lipinski definition) is 6. The van der Waals surface area contributed by atoms with Gasteiger partial charge in [-0.2, -0.15) is 5.10 Å². The summed E-state index contributed by atoms with van der Waals surface area (Å²) in [5.41, 5.74) is 7.26. The first-order valence-corrected chi connectivity index (χ1v) is 12.7. The molecule has 1 atom stereocenters. The van der Waals surface area contributed by atoms with E-state index >= 15 is 0 Å². The molecule has 6 rings (SSSR count). The monoisotopic (exact) mass is 521 g/mol. The van der Waals surface area contributed by atoms with Crippen LogP contribution in [0.5, 0.6) is 0 Å². The predicted octanol–water partition coefficient (Wildman–Crippen LogP) is 6.54. The quantitative estimate of drug-likeness (QED) is 0.185. The van der Waals surface area contributed by atoms with E-state index in [1.54, 1.807) is 43.1 Å². The van der Waals surface area contributed by atoms with Gasteiger partial charge >= 0.3 is 0 Å². The molecule has 4 N–H and O–H groups in total. The first-order valence-electron chi connectivity index (χ1n) is 12.7. The summed E-state index contributed by atoms with van der Waals surface area (Å²) in [6, 6.07) is 12.3. The van der Waals surface area contributed by atoms with E-state index in [1.165, 1.54) is 12.1 Å². The van der Waals surface area contributed by atoms with Gasteiger partial charge in [-0.15, -0.1) is 0 Å². The largest absolute Gasteiger partial charge is 0.374 e. The molecule has 0 bridgehead atoms. The summed E-state index contributed by atoms with van der Waals surface area (Å²) >= 11 is 0. The highest BCUT2D eigenvalue weighted by Crippen LogP contribution is 2.34. The van der Waals surface area contributed by atoms with E-state index in [9.17, 15) is 9.50 Å². The van der Waals surface area contributed by atoms with Crippen LogP contribution in [0.15, 0.2) is 73.4 Å². The predicted molar refractivity (Wildman–Crippen MR) is 151 cm³/mol. The number of anilines is 1. The Morgan fingerprint density at radius 3 is 2.49 bits per heavy atom. The van der Waals surface area contributed by atoms with Crippen LogP contribution in [-0.2, 0) is 0 Å². The van der Waals surface area contributed by atoms with E-state index in [-0.39, 0.29) is 11.2 Å². The number of H-pyrrole nitrogens is 2. The minimum Gasteiger partial charge on any atom is -0.374 e. The topological polar surface area (TPSA) is 115 Å². The maximum atomic E-state index is 13.5. The van der Waals surface area contributed by atoms with Crippen LogP contribution in [0.2, 0.25) is 0 Å². The molecule has 0 aliphatic heterocycles. The number of nitrogens with zero attached hydrogens (tertiary/aromatic N) is 4. The van der Waals surface area contributed by atoms with Crippen LogP contribution in [0.25, 0.3) is 55.6 Å². The fraction of sp³-hybridized carbons (Fsp3) is 0.200. The average Bonchev–Trinajstić information content (AvgIpc) is 3.52. The summed E-state index contributed by atoms with van der Waals surface area (Å²) in [6.45, 7) is 6.25. The van der Waals surface area contributed by atoms with Gasteiger partial charge in [0.05, 0.1) is 46.7 Å². The molecule has 0 saturated carbocycles. The smallest absolute Gasteiger partial charge is 0.125 e. The van der Waals surface area contributed by atoms with Gasteiger partial charge in [0.1, 0.15) is 17.7 Å². The van der Waals surface area contributed by atoms with Gasteiger partial charge in [0.25, 0.3) is 0 Å². The molecule has 0 spiro atoms. The molecule has 0 saturated heterocycles. The third-order valence-electron chi connectivity index (χ3n) is 6.58. The molecule has 0 amide bonds. The number of hydrogen-bond donors (Lipinski definition) is 4. The second-order valence-corrected chi connectivity index (χ2v) is 10.9. The van der Waals surface area contributed by atoms with Crippen molar-refractivity contribution in [2.24, 2.45) is 5.41 Å². The molecule has 1 unspecified atom stereocenters. The molecule has 5 aromatic heterocycles. The molecule has 196 valence electrons. The Morgan fingerprint density at radius 1 is 0.897 bits per heavy atom. The number of aliphatic hydroxyl groups is 1. The van der Waals surface area contributed by atoms with Gasteiger partial charge in [-0.3, -0.25) is 20.1 Å².